The first-order valence-corrected chi connectivity index (χ1v) is 7.06. The highest BCUT2D eigenvalue weighted by molar-refractivity contribution is 6.36. The Morgan fingerprint density at radius 3 is 2.25 bits per heavy atom. The summed E-state index contributed by atoms with van der Waals surface area (Å²) in [6, 6.07) is 13.2. The standard InChI is InChI=1S/C16H17Cl2NO/c1-16(19,12-6-3-4-9-15(12)20-2)10-11-13(17)7-5-8-14(11)18/h3-9H,10,19H2,1-2H3. The molecule has 0 spiro atoms. The van der Waals surface area contributed by atoms with E-state index in [0.717, 1.165) is 16.9 Å². The maximum absolute atomic E-state index is 6.49. The quantitative estimate of drug-likeness (QED) is 0.907. The average molecular weight is 310 g/mol. The maximum Gasteiger partial charge on any atom is 0.123 e. The number of ether oxygens (including phenoxy) is 1. The zero-order chi connectivity index (χ0) is 14.8. The SMILES string of the molecule is COc1ccccc1C(C)(N)Cc1c(Cl)cccc1Cl. The molecule has 0 saturated carbocycles. The fourth-order valence-corrected chi connectivity index (χ4v) is 2.81. The van der Waals surface area contributed by atoms with Gasteiger partial charge in [-0.2, -0.15) is 0 Å². The molecule has 2 N–H and O–H groups in total. The van der Waals surface area contributed by atoms with Gasteiger partial charge in [0.2, 0.25) is 0 Å². The second kappa shape index (κ2) is 6.04. The van der Waals surface area contributed by atoms with Gasteiger partial charge >= 0.3 is 0 Å². The van der Waals surface area contributed by atoms with Crippen LogP contribution in [0.3, 0.4) is 0 Å². The molecule has 0 aromatic heterocycles. The second-order valence-corrected chi connectivity index (χ2v) is 5.81. The Balaban J connectivity index is 2.41. The van der Waals surface area contributed by atoms with Crippen LogP contribution < -0.4 is 10.5 Å². The number of nitrogens with two attached hydrogens (primary N) is 1. The van der Waals surface area contributed by atoms with Gasteiger partial charge < -0.3 is 10.5 Å². The van der Waals surface area contributed by atoms with Crippen molar-refractivity contribution in [2.24, 2.45) is 5.73 Å². The molecule has 106 valence electrons. The molecule has 2 aromatic rings. The van der Waals surface area contributed by atoms with E-state index in [0.29, 0.717) is 16.5 Å². The van der Waals surface area contributed by atoms with E-state index in [-0.39, 0.29) is 0 Å². The van der Waals surface area contributed by atoms with Gasteiger partial charge in [-0.3, -0.25) is 0 Å². The molecule has 0 saturated heterocycles. The molecule has 2 aromatic carbocycles. The van der Waals surface area contributed by atoms with E-state index in [4.69, 9.17) is 33.7 Å². The summed E-state index contributed by atoms with van der Waals surface area (Å²) >= 11 is 12.5. The smallest absolute Gasteiger partial charge is 0.123 e. The van der Waals surface area contributed by atoms with Crippen molar-refractivity contribution in [2.45, 2.75) is 18.9 Å². The minimum atomic E-state index is -0.624. The predicted octanol–water partition coefficient (Wildman–Crippen LogP) is 4.42. The molecule has 0 aliphatic carbocycles. The number of hydrogen-bond donors (Lipinski definition) is 1. The van der Waals surface area contributed by atoms with E-state index in [1.165, 1.54) is 0 Å². The van der Waals surface area contributed by atoms with E-state index in [1.54, 1.807) is 7.11 Å². The molecule has 0 amide bonds. The van der Waals surface area contributed by atoms with Crippen molar-refractivity contribution in [3.63, 3.8) is 0 Å². The first-order valence-electron chi connectivity index (χ1n) is 6.31. The number of rotatable bonds is 4. The van der Waals surface area contributed by atoms with Crippen LogP contribution in [-0.2, 0) is 12.0 Å². The average Bonchev–Trinajstić information content (AvgIpc) is 2.43. The lowest BCUT2D eigenvalue weighted by Crippen LogP contribution is -2.36. The highest BCUT2D eigenvalue weighted by Crippen LogP contribution is 2.34. The van der Waals surface area contributed by atoms with Crippen molar-refractivity contribution < 1.29 is 4.74 Å². The van der Waals surface area contributed by atoms with E-state index in [1.807, 2.05) is 49.4 Å². The van der Waals surface area contributed by atoms with Gasteiger partial charge in [0, 0.05) is 21.1 Å². The van der Waals surface area contributed by atoms with E-state index in [2.05, 4.69) is 0 Å². The van der Waals surface area contributed by atoms with Gasteiger partial charge in [-0.25, -0.2) is 0 Å². The number of halogens is 2. The summed E-state index contributed by atoms with van der Waals surface area (Å²) in [5, 5.41) is 1.26. The topological polar surface area (TPSA) is 35.2 Å². The molecule has 20 heavy (non-hydrogen) atoms. The molecular formula is C16H17Cl2NO. The highest BCUT2D eigenvalue weighted by atomic mass is 35.5. The summed E-state index contributed by atoms with van der Waals surface area (Å²) in [5.41, 5.74) is 7.65. The Kier molecular flexibility index (Phi) is 4.59. The fraction of sp³-hybridized carbons (Fsp3) is 0.250. The van der Waals surface area contributed by atoms with Crippen LogP contribution in [0.15, 0.2) is 42.5 Å². The highest BCUT2D eigenvalue weighted by Gasteiger charge is 2.27. The van der Waals surface area contributed by atoms with E-state index in [9.17, 15) is 0 Å². The van der Waals surface area contributed by atoms with Crippen molar-refractivity contribution in [1.82, 2.24) is 0 Å². The molecule has 0 fully saturated rings. The predicted molar refractivity (Wildman–Crippen MR) is 84.7 cm³/mol. The molecule has 1 unspecified atom stereocenters. The second-order valence-electron chi connectivity index (χ2n) is 4.99. The summed E-state index contributed by atoms with van der Waals surface area (Å²) in [7, 11) is 1.64. The summed E-state index contributed by atoms with van der Waals surface area (Å²) in [5.74, 6) is 0.765. The molecule has 2 rings (SSSR count). The number of methoxy groups -OCH3 is 1. The minimum Gasteiger partial charge on any atom is -0.496 e. The van der Waals surface area contributed by atoms with Crippen molar-refractivity contribution in [3.05, 3.63) is 63.6 Å². The van der Waals surface area contributed by atoms with Crippen LogP contribution in [0.25, 0.3) is 0 Å². The van der Waals surface area contributed by atoms with Crippen LogP contribution >= 0.6 is 23.2 Å². The lowest BCUT2D eigenvalue weighted by Gasteiger charge is -2.28. The van der Waals surface area contributed by atoms with Crippen LogP contribution in [0, 0.1) is 0 Å². The Morgan fingerprint density at radius 1 is 1.05 bits per heavy atom. The van der Waals surface area contributed by atoms with Crippen LogP contribution in [0.2, 0.25) is 10.0 Å². The van der Waals surface area contributed by atoms with Crippen molar-refractivity contribution in [1.29, 1.82) is 0 Å². The van der Waals surface area contributed by atoms with Gasteiger partial charge in [0.05, 0.1) is 7.11 Å². The fourth-order valence-electron chi connectivity index (χ4n) is 2.28. The normalized spacial score (nSPS) is 13.8. The van der Waals surface area contributed by atoms with Crippen LogP contribution in [-0.4, -0.2) is 7.11 Å². The Hall–Kier alpha value is -1.22. The Labute approximate surface area is 129 Å². The van der Waals surface area contributed by atoms with Crippen molar-refractivity contribution in [3.8, 4) is 5.75 Å². The third kappa shape index (κ3) is 3.09. The van der Waals surface area contributed by atoms with Crippen LogP contribution in [0.1, 0.15) is 18.1 Å². The molecule has 4 heteroatoms. The van der Waals surface area contributed by atoms with Crippen LogP contribution in [0.5, 0.6) is 5.75 Å². The van der Waals surface area contributed by atoms with Crippen molar-refractivity contribution in [2.75, 3.05) is 7.11 Å². The van der Waals surface area contributed by atoms with Gasteiger partial charge in [-0.1, -0.05) is 47.5 Å². The summed E-state index contributed by atoms with van der Waals surface area (Å²) < 4.78 is 5.38. The monoisotopic (exact) mass is 309 g/mol. The molecule has 0 aliphatic heterocycles. The number of benzene rings is 2. The van der Waals surface area contributed by atoms with Crippen molar-refractivity contribution >= 4 is 23.2 Å². The van der Waals surface area contributed by atoms with Gasteiger partial charge in [0.25, 0.3) is 0 Å². The Bertz CT molecular complexity index is 591. The van der Waals surface area contributed by atoms with E-state index < -0.39 is 5.54 Å². The number of hydrogen-bond acceptors (Lipinski definition) is 2. The first-order chi connectivity index (χ1) is 9.45. The maximum atomic E-state index is 6.49. The third-order valence-corrected chi connectivity index (χ3v) is 4.04. The lowest BCUT2D eigenvalue weighted by molar-refractivity contribution is 0.386. The lowest BCUT2D eigenvalue weighted by atomic mass is 9.86. The zero-order valence-corrected chi connectivity index (χ0v) is 13.0. The molecule has 1 atom stereocenters. The van der Waals surface area contributed by atoms with E-state index >= 15 is 0 Å². The van der Waals surface area contributed by atoms with Gasteiger partial charge in [0.15, 0.2) is 0 Å². The first kappa shape index (κ1) is 15.2. The van der Waals surface area contributed by atoms with Gasteiger partial charge in [-0.15, -0.1) is 0 Å². The minimum absolute atomic E-state index is 0.534. The molecule has 0 radical (unpaired) electrons. The Morgan fingerprint density at radius 2 is 1.65 bits per heavy atom. The van der Waals surface area contributed by atoms with Gasteiger partial charge in [0.1, 0.15) is 5.75 Å². The molecular weight excluding hydrogens is 293 g/mol. The largest absolute Gasteiger partial charge is 0.496 e. The summed E-state index contributed by atoms with van der Waals surface area (Å²) in [4.78, 5) is 0. The third-order valence-electron chi connectivity index (χ3n) is 3.33. The molecule has 2 nitrogen and oxygen atoms in total. The van der Waals surface area contributed by atoms with Crippen LogP contribution in [0.4, 0.5) is 0 Å². The summed E-state index contributed by atoms with van der Waals surface area (Å²) in [6.45, 7) is 1.95. The molecule has 0 heterocycles. The molecule has 0 bridgehead atoms. The molecule has 0 aliphatic rings. The summed E-state index contributed by atoms with van der Waals surface area (Å²) in [6.07, 6.45) is 0.534. The zero-order valence-electron chi connectivity index (χ0n) is 11.5. The van der Waals surface area contributed by atoms with Gasteiger partial charge in [-0.05, 0) is 37.1 Å². The number of para-hydroxylation sites is 1.